The number of H-pyrrole nitrogens is 1. The van der Waals surface area contributed by atoms with Gasteiger partial charge in [0.2, 0.25) is 9.47 Å². The van der Waals surface area contributed by atoms with Gasteiger partial charge in [-0.1, -0.05) is 29.5 Å². The molecule has 0 atom stereocenters. The zero-order valence-corrected chi connectivity index (χ0v) is 12.0. The molecular weight excluding hydrogens is 296 g/mol. The van der Waals surface area contributed by atoms with Gasteiger partial charge in [0.15, 0.2) is 0 Å². The number of rotatable bonds is 4. The molecule has 0 saturated heterocycles. The fraction of sp³-hybridized carbons (Fsp3) is 0.154. The number of aromatic nitrogens is 3. The van der Waals surface area contributed by atoms with Crippen LogP contribution in [-0.4, -0.2) is 27.6 Å². The van der Waals surface area contributed by atoms with Gasteiger partial charge in [0, 0.05) is 23.6 Å². The third kappa shape index (κ3) is 2.66. The van der Waals surface area contributed by atoms with E-state index < -0.39 is 0 Å². The van der Waals surface area contributed by atoms with Crippen LogP contribution in [-0.2, 0) is 6.42 Å². The lowest BCUT2D eigenvalue weighted by atomic mass is 10.1. The van der Waals surface area contributed by atoms with E-state index in [1.54, 1.807) is 0 Å². The van der Waals surface area contributed by atoms with Gasteiger partial charge in [-0.25, -0.2) is 0 Å². The third-order valence-corrected chi connectivity index (χ3v) is 3.97. The van der Waals surface area contributed by atoms with Gasteiger partial charge in [0.05, 0.1) is 0 Å². The Bertz CT molecular complexity index is 752. The number of carbonyl (C=O) groups excluding carboxylic acids is 1. The van der Waals surface area contributed by atoms with Gasteiger partial charge in [-0.3, -0.25) is 4.79 Å². The summed E-state index contributed by atoms with van der Waals surface area (Å²) in [7, 11) is 0. The molecule has 0 aliphatic rings. The number of carbonyl (C=O) groups is 1. The van der Waals surface area contributed by atoms with Crippen LogP contribution in [0.15, 0.2) is 30.5 Å². The fourth-order valence-corrected chi connectivity index (χ4v) is 2.77. The molecule has 0 aliphatic carbocycles. The summed E-state index contributed by atoms with van der Waals surface area (Å²) in [6.07, 6.45) is 2.72. The number of benzene rings is 1. The van der Waals surface area contributed by atoms with E-state index in [-0.39, 0.29) is 15.4 Å². The molecule has 1 aromatic carbocycles. The van der Waals surface area contributed by atoms with Gasteiger partial charge < -0.3 is 10.3 Å². The summed E-state index contributed by atoms with van der Waals surface area (Å²) in [5.74, 6) is -0.241. The molecule has 0 aliphatic heterocycles. The second-order valence-corrected chi connectivity index (χ2v) is 5.79. The summed E-state index contributed by atoms with van der Waals surface area (Å²) in [4.78, 5) is 15.0. The Kier molecular flexibility index (Phi) is 3.66. The molecule has 102 valence electrons. The van der Waals surface area contributed by atoms with E-state index in [4.69, 9.17) is 11.6 Å². The molecule has 0 fully saturated rings. The summed E-state index contributed by atoms with van der Waals surface area (Å²) in [6, 6.07) is 8.08. The van der Waals surface area contributed by atoms with Crippen molar-refractivity contribution in [3.63, 3.8) is 0 Å². The van der Waals surface area contributed by atoms with E-state index in [2.05, 4.69) is 26.6 Å². The van der Waals surface area contributed by atoms with Crippen molar-refractivity contribution in [2.24, 2.45) is 0 Å². The van der Waals surface area contributed by atoms with Crippen molar-refractivity contribution in [2.45, 2.75) is 6.42 Å². The van der Waals surface area contributed by atoms with Crippen LogP contribution in [0.5, 0.6) is 0 Å². The lowest BCUT2D eigenvalue weighted by Crippen LogP contribution is -2.25. The fourth-order valence-electron chi connectivity index (χ4n) is 2.02. The SMILES string of the molecule is O=C(NCCc1c[nH]c2ccccc12)c1nnc(Cl)s1. The molecule has 3 rings (SSSR count). The van der Waals surface area contributed by atoms with Crippen molar-refractivity contribution in [3.05, 3.63) is 45.5 Å². The number of fused-ring (bicyclic) bond motifs is 1. The van der Waals surface area contributed by atoms with E-state index in [1.807, 2.05) is 24.4 Å². The maximum atomic E-state index is 11.8. The third-order valence-electron chi connectivity index (χ3n) is 2.95. The topological polar surface area (TPSA) is 70.7 Å². The molecule has 2 aromatic heterocycles. The van der Waals surface area contributed by atoms with Crippen molar-refractivity contribution in [3.8, 4) is 0 Å². The molecule has 1 amide bonds. The average Bonchev–Trinajstić information content (AvgIpc) is 3.06. The van der Waals surface area contributed by atoms with Gasteiger partial charge in [-0.2, -0.15) is 0 Å². The number of para-hydroxylation sites is 1. The van der Waals surface area contributed by atoms with Crippen LogP contribution in [0.2, 0.25) is 4.47 Å². The zero-order chi connectivity index (χ0) is 13.9. The van der Waals surface area contributed by atoms with Gasteiger partial charge in [-0.05, 0) is 29.7 Å². The number of amides is 1. The molecule has 2 heterocycles. The van der Waals surface area contributed by atoms with Crippen molar-refractivity contribution in [1.29, 1.82) is 0 Å². The Hall–Kier alpha value is -1.92. The van der Waals surface area contributed by atoms with E-state index >= 15 is 0 Å². The summed E-state index contributed by atoms with van der Waals surface area (Å²) in [5, 5.41) is 11.6. The molecule has 0 radical (unpaired) electrons. The molecule has 0 saturated carbocycles. The van der Waals surface area contributed by atoms with E-state index in [9.17, 15) is 4.79 Å². The molecule has 2 N–H and O–H groups in total. The summed E-state index contributed by atoms with van der Waals surface area (Å²) < 4.78 is 0.270. The first-order valence-corrected chi connectivity index (χ1v) is 7.25. The number of aromatic amines is 1. The number of hydrogen-bond donors (Lipinski definition) is 2. The highest BCUT2D eigenvalue weighted by Crippen LogP contribution is 2.18. The second-order valence-electron chi connectivity index (χ2n) is 4.23. The lowest BCUT2D eigenvalue weighted by Gasteiger charge is -2.02. The van der Waals surface area contributed by atoms with Crippen molar-refractivity contribution < 1.29 is 4.79 Å². The molecule has 20 heavy (non-hydrogen) atoms. The second kappa shape index (κ2) is 5.60. The van der Waals surface area contributed by atoms with E-state index in [1.165, 1.54) is 10.9 Å². The smallest absolute Gasteiger partial charge is 0.282 e. The molecule has 3 aromatic rings. The van der Waals surface area contributed by atoms with Gasteiger partial charge in [0.1, 0.15) is 0 Å². The van der Waals surface area contributed by atoms with Crippen molar-refractivity contribution in [1.82, 2.24) is 20.5 Å². The van der Waals surface area contributed by atoms with Gasteiger partial charge in [-0.15, -0.1) is 10.2 Å². The molecular formula is C13H11ClN4OS. The highest BCUT2D eigenvalue weighted by atomic mass is 35.5. The molecule has 7 heteroatoms. The Morgan fingerprint density at radius 2 is 2.20 bits per heavy atom. The van der Waals surface area contributed by atoms with E-state index in [0.717, 1.165) is 23.3 Å². The quantitative estimate of drug-likeness (QED) is 0.778. The average molecular weight is 307 g/mol. The number of hydrogen-bond acceptors (Lipinski definition) is 4. The first-order valence-electron chi connectivity index (χ1n) is 6.06. The summed E-state index contributed by atoms with van der Waals surface area (Å²) in [6.45, 7) is 0.540. The van der Waals surface area contributed by atoms with Crippen LogP contribution >= 0.6 is 22.9 Å². The molecule has 5 nitrogen and oxygen atoms in total. The minimum Gasteiger partial charge on any atom is -0.361 e. The minimum absolute atomic E-state index is 0.241. The van der Waals surface area contributed by atoms with Crippen LogP contribution < -0.4 is 5.32 Å². The Labute approximate surface area is 124 Å². The summed E-state index contributed by atoms with van der Waals surface area (Å²) in [5.41, 5.74) is 2.28. The van der Waals surface area contributed by atoms with Gasteiger partial charge >= 0.3 is 0 Å². The molecule has 0 bridgehead atoms. The highest BCUT2D eigenvalue weighted by Gasteiger charge is 2.11. The highest BCUT2D eigenvalue weighted by molar-refractivity contribution is 7.17. The minimum atomic E-state index is -0.241. The lowest BCUT2D eigenvalue weighted by molar-refractivity contribution is 0.0953. The van der Waals surface area contributed by atoms with Crippen molar-refractivity contribution in [2.75, 3.05) is 6.54 Å². The number of nitrogens with zero attached hydrogens (tertiary/aromatic N) is 2. The predicted octanol–water partition coefficient (Wildman–Crippen LogP) is 2.65. The standard InChI is InChI=1S/C13H11ClN4OS/c14-13-18-17-12(20-13)11(19)15-6-5-8-7-16-10-4-2-1-3-9(8)10/h1-4,7,16H,5-6H2,(H,15,19). The number of nitrogens with one attached hydrogen (secondary N) is 2. The van der Waals surface area contributed by atoms with Crippen LogP contribution in [0.4, 0.5) is 0 Å². The van der Waals surface area contributed by atoms with Crippen LogP contribution in [0, 0.1) is 0 Å². The predicted molar refractivity (Wildman–Crippen MR) is 79.3 cm³/mol. The van der Waals surface area contributed by atoms with Crippen LogP contribution in [0.25, 0.3) is 10.9 Å². The Balaban J connectivity index is 1.61. The van der Waals surface area contributed by atoms with Crippen LogP contribution in [0.3, 0.4) is 0 Å². The largest absolute Gasteiger partial charge is 0.361 e. The summed E-state index contributed by atoms with van der Waals surface area (Å²) >= 11 is 6.72. The van der Waals surface area contributed by atoms with Crippen molar-refractivity contribution >= 4 is 39.7 Å². The molecule has 0 spiro atoms. The molecule has 0 unspecified atom stereocenters. The maximum absolute atomic E-state index is 11.8. The Morgan fingerprint density at radius 1 is 1.35 bits per heavy atom. The Morgan fingerprint density at radius 3 is 3.00 bits per heavy atom. The van der Waals surface area contributed by atoms with Gasteiger partial charge in [0.25, 0.3) is 5.91 Å². The van der Waals surface area contributed by atoms with Crippen LogP contribution in [0.1, 0.15) is 15.4 Å². The first-order chi connectivity index (χ1) is 9.74. The first kappa shape index (κ1) is 13.1. The normalized spacial score (nSPS) is 10.8. The zero-order valence-electron chi connectivity index (χ0n) is 10.4. The maximum Gasteiger partial charge on any atom is 0.282 e. The monoisotopic (exact) mass is 306 g/mol. The van der Waals surface area contributed by atoms with E-state index in [0.29, 0.717) is 6.54 Å². The number of halogens is 1.